The van der Waals surface area contributed by atoms with Gasteiger partial charge in [0.05, 0.1) is 19.2 Å². The number of hydrogen-bond donors (Lipinski definition) is 3. The number of amides is 1. The van der Waals surface area contributed by atoms with E-state index in [0.29, 0.717) is 11.5 Å². The van der Waals surface area contributed by atoms with Crippen molar-refractivity contribution in [3.63, 3.8) is 0 Å². The lowest BCUT2D eigenvalue weighted by Gasteiger charge is -2.21. The molecule has 162 valence electrons. The fraction of sp³-hybridized carbons (Fsp3) is 0.391. The number of rotatable bonds is 7. The smallest absolute Gasteiger partial charge is 0.239 e. The minimum atomic E-state index is -0.330. The van der Waals surface area contributed by atoms with Crippen molar-refractivity contribution in [3.8, 4) is 5.75 Å². The molecule has 0 fully saturated rings. The zero-order valence-electron chi connectivity index (χ0n) is 18.3. The summed E-state index contributed by atoms with van der Waals surface area (Å²) < 4.78 is 19.6. The Bertz CT molecular complexity index is 858. The van der Waals surface area contributed by atoms with Gasteiger partial charge >= 0.3 is 0 Å². The second kappa shape index (κ2) is 10.6. The molecule has 0 radical (unpaired) electrons. The molecule has 0 bridgehead atoms. The van der Waals surface area contributed by atoms with Crippen LogP contribution >= 0.6 is 0 Å². The van der Waals surface area contributed by atoms with Gasteiger partial charge in [-0.15, -0.1) is 0 Å². The van der Waals surface area contributed by atoms with E-state index in [9.17, 15) is 9.18 Å². The summed E-state index contributed by atoms with van der Waals surface area (Å²) in [6.45, 7) is 9.84. The number of ether oxygens (including phenoxy) is 1. The van der Waals surface area contributed by atoms with Gasteiger partial charge in [0.2, 0.25) is 5.91 Å². The van der Waals surface area contributed by atoms with Gasteiger partial charge in [-0.1, -0.05) is 18.2 Å². The van der Waals surface area contributed by atoms with Crippen molar-refractivity contribution in [1.29, 1.82) is 0 Å². The summed E-state index contributed by atoms with van der Waals surface area (Å²) in [5.41, 5.74) is 0.906. The Kier molecular flexibility index (Phi) is 8.21. The topological polar surface area (TPSA) is 74.8 Å². The molecule has 0 saturated heterocycles. The third-order valence-electron chi connectivity index (χ3n) is 3.79. The van der Waals surface area contributed by atoms with Crippen LogP contribution in [0.4, 0.5) is 10.1 Å². The van der Waals surface area contributed by atoms with Gasteiger partial charge in [-0.3, -0.25) is 4.79 Å². The monoisotopic (exact) mass is 414 g/mol. The number of carbonyl (C=O) groups is 1. The number of aliphatic imine (C=N–C) groups is 1. The summed E-state index contributed by atoms with van der Waals surface area (Å²) >= 11 is 0. The first-order valence-corrected chi connectivity index (χ1v) is 9.99. The Morgan fingerprint density at radius 3 is 2.37 bits per heavy atom. The van der Waals surface area contributed by atoms with Gasteiger partial charge in [0, 0.05) is 16.8 Å². The van der Waals surface area contributed by atoms with Crippen molar-refractivity contribution in [2.45, 2.75) is 52.8 Å². The highest BCUT2D eigenvalue weighted by molar-refractivity contribution is 5.96. The molecule has 0 aliphatic rings. The van der Waals surface area contributed by atoms with Crippen molar-refractivity contribution in [3.05, 3.63) is 59.9 Å². The van der Waals surface area contributed by atoms with E-state index in [2.05, 4.69) is 20.9 Å². The molecule has 0 heterocycles. The molecule has 1 amide bonds. The molecular weight excluding hydrogens is 383 g/mol. The van der Waals surface area contributed by atoms with Crippen LogP contribution in [0.25, 0.3) is 0 Å². The lowest BCUT2D eigenvalue weighted by atomic mass is 10.1. The molecule has 0 unspecified atom stereocenters. The number of guanidine groups is 1. The molecule has 0 aliphatic heterocycles. The van der Waals surface area contributed by atoms with Gasteiger partial charge in [-0.05, 0) is 65.0 Å². The Labute approximate surface area is 177 Å². The van der Waals surface area contributed by atoms with Gasteiger partial charge in [0.1, 0.15) is 11.6 Å². The maximum Gasteiger partial charge on any atom is 0.239 e. The number of anilines is 1. The predicted octanol–water partition coefficient (Wildman–Crippen LogP) is 4.09. The fourth-order valence-corrected chi connectivity index (χ4v) is 2.58. The minimum Gasteiger partial charge on any atom is -0.491 e. The minimum absolute atomic E-state index is 0.0366. The molecule has 0 saturated carbocycles. The quantitative estimate of drug-likeness (QED) is 0.471. The first-order chi connectivity index (χ1) is 14.1. The van der Waals surface area contributed by atoms with E-state index < -0.39 is 0 Å². The Morgan fingerprint density at radius 1 is 1.10 bits per heavy atom. The van der Waals surface area contributed by atoms with Crippen LogP contribution in [-0.2, 0) is 11.3 Å². The standard InChI is InChI=1S/C23H31FN4O2/c1-16(2)30-19-12-10-18(11-13-19)27-22(26-15-21(29)28-23(3,4)5)25-14-17-8-6-7-9-20(17)24/h6-13,16H,14-15H2,1-5H3,(H,28,29)(H2,25,26,27). The van der Waals surface area contributed by atoms with E-state index in [1.807, 2.05) is 58.9 Å². The van der Waals surface area contributed by atoms with Crippen LogP contribution in [0.5, 0.6) is 5.75 Å². The normalized spacial score (nSPS) is 11.9. The van der Waals surface area contributed by atoms with E-state index in [0.717, 1.165) is 11.4 Å². The van der Waals surface area contributed by atoms with Crippen molar-refractivity contribution >= 4 is 17.6 Å². The van der Waals surface area contributed by atoms with E-state index in [1.165, 1.54) is 6.07 Å². The number of hydrogen-bond acceptors (Lipinski definition) is 3. The first kappa shape index (κ1) is 23.2. The van der Waals surface area contributed by atoms with Gasteiger partial charge in [0.15, 0.2) is 5.96 Å². The largest absolute Gasteiger partial charge is 0.491 e. The lowest BCUT2D eigenvalue weighted by Crippen LogP contribution is -2.46. The third kappa shape index (κ3) is 8.51. The number of halogens is 1. The van der Waals surface area contributed by atoms with E-state index in [1.54, 1.807) is 18.2 Å². The number of benzene rings is 2. The Balaban J connectivity index is 2.10. The number of nitrogens with one attached hydrogen (secondary N) is 3. The predicted molar refractivity (Wildman–Crippen MR) is 119 cm³/mol. The SMILES string of the molecule is CC(C)Oc1ccc(NC(=NCc2ccccc2F)NCC(=O)NC(C)(C)C)cc1. The fourth-order valence-electron chi connectivity index (χ4n) is 2.58. The molecule has 2 aromatic carbocycles. The maximum absolute atomic E-state index is 13.9. The zero-order chi connectivity index (χ0) is 22.1. The molecule has 0 aromatic heterocycles. The summed E-state index contributed by atoms with van der Waals surface area (Å²) in [5, 5.41) is 9.03. The highest BCUT2D eigenvalue weighted by Crippen LogP contribution is 2.17. The lowest BCUT2D eigenvalue weighted by molar-refractivity contribution is -0.121. The molecule has 2 aromatic rings. The van der Waals surface area contributed by atoms with Gasteiger partial charge in [0.25, 0.3) is 0 Å². The first-order valence-electron chi connectivity index (χ1n) is 9.99. The van der Waals surface area contributed by atoms with Gasteiger partial charge < -0.3 is 20.7 Å². The van der Waals surface area contributed by atoms with E-state index in [-0.39, 0.29) is 36.5 Å². The van der Waals surface area contributed by atoms with Crippen LogP contribution in [0, 0.1) is 5.82 Å². The molecule has 3 N–H and O–H groups in total. The van der Waals surface area contributed by atoms with Crippen LogP contribution in [0.3, 0.4) is 0 Å². The van der Waals surface area contributed by atoms with Crippen LogP contribution in [0.2, 0.25) is 0 Å². The summed E-state index contributed by atoms with van der Waals surface area (Å²) in [6.07, 6.45) is 0.0877. The van der Waals surface area contributed by atoms with Crippen LogP contribution in [0.15, 0.2) is 53.5 Å². The summed E-state index contributed by atoms with van der Waals surface area (Å²) in [5.74, 6) is 0.655. The summed E-state index contributed by atoms with van der Waals surface area (Å²) in [7, 11) is 0. The van der Waals surface area contributed by atoms with Gasteiger partial charge in [-0.2, -0.15) is 0 Å². The Hall–Kier alpha value is -3.09. The summed E-state index contributed by atoms with van der Waals surface area (Å²) in [6, 6.07) is 13.9. The van der Waals surface area contributed by atoms with Crippen molar-refractivity contribution in [1.82, 2.24) is 10.6 Å². The average molecular weight is 415 g/mol. The average Bonchev–Trinajstić information content (AvgIpc) is 2.64. The molecule has 30 heavy (non-hydrogen) atoms. The van der Waals surface area contributed by atoms with Crippen molar-refractivity contribution in [2.75, 3.05) is 11.9 Å². The van der Waals surface area contributed by atoms with E-state index in [4.69, 9.17) is 4.74 Å². The molecular formula is C23H31FN4O2. The van der Waals surface area contributed by atoms with Crippen molar-refractivity contribution in [2.24, 2.45) is 4.99 Å². The molecule has 7 heteroatoms. The molecule has 0 aliphatic carbocycles. The highest BCUT2D eigenvalue weighted by Gasteiger charge is 2.14. The molecule has 0 atom stereocenters. The maximum atomic E-state index is 13.9. The number of carbonyl (C=O) groups excluding carboxylic acids is 1. The van der Waals surface area contributed by atoms with Crippen LogP contribution in [0.1, 0.15) is 40.2 Å². The number of nitrogens with zero attached hydrogens (tertiary/aromatic N) is 1. The van der Waals surface area contributed by atoms with Crippen molar-refractivity contribution < 1.29 is 13.9 Å². The van der Waals surface area contributed by atoms with Gasteiger partial charge in [-0.25, -0.2) is 9.38 Å². The van der Waals surface area contributed by atoms with Crippen LogP contribution in [-0.4, -0.2) is 30.1 Å². The Morgan fingerprint density at radius 2 is 1.77 bits per heavy atom. The molecule has 2 rings (SSSR count). The van der Waals surface area contributed by atoms with E-state index >= 15 is 0 Å². The highest BCUT2D eigenvalue weighted by atomic mass is 19.1. The summed E-state index contributed by atoms with van der Waals surface area (Å²) in [4.78, 5) is 16.6. The zero-order valence-corrected chi connectivity index (χ0v) is 18.3. The second-order valence-electron chi connectivity index (χ2n) is 8.22. The molecule has 0 spiro atoms. The van der Waals surface area contributed by atoms with Crippen LogP contribution < -0.4 is 20.7 Å². The second-order valence-corrected chi connectivity index (χ2v) is 8.22. The molecule has 6 nitrogen and oxygen atoms in total. The third-order valence-corrected chi connectivity index (χ3v) is 3.79.